The van der Waals surface area contributed by atoms with Gasteiger partial charge in [0.1, 0.15) is 6.10 Å². The summed E-state index contributed by atoms with van der Waals surface area (Å²) in [6.45, 7) is 13.4. The van der Waals surface area contributed by atoms with Gasteiger partial charge in [0, 0.05) is 6.54 Å². The Balaban J connectivity index is 2.04. The molecule has 1 fully saturated rings. The first-order valence-electron chi connectivity index (χ1n) is 6.19. The Morgan fingerprint density at radius 3 is 2.50 bits per heavy atom. The van der Waals surface area contributed by atoms with Crippen LogP contribution in [0.5, 0.6) is 0 Å². The highest BCUT2D eigenvalue weighted by atomic mass is 16.7. The first-order chi connectivity index (χ1) is 7.57. The predicted molar refractivity (Wildman–Crippen MR) is 63.5 cm³/mol. The van der Waals surface area contributed by atoms with Gasteiger partial charge in [0.2, 0.25) is 0 Å². The largest absolute Gasteiger partial charge is 0.377 e. The SMILES string of the molecule is CCN(CC)CCOCC1COC(C)(C)O1. The van der Waals surface area contributed by atoms with Crippen molar-refractivity contribution in [2.75, 3.05) is 39.5 Å². The molecule has 1 aliphatic rings. The highest BCUT2D eigenvalue weighted by molar-refractivity contribution is 4.70. The van der Waals surface area contributed by atoms with Gasteiger partial charge in [-0.3, -0.25) is 0 Å². The Hall–Kier alpha value is -0.160. The van der Waals surface area contributed by atoms with Gasteiger partial charge in [-0.2, -0.15) is 0 Å². The number of nitrogens with zero attached hydrogens (tertiary/aromatic N) is 1. The van der Waals surface area contributed by atoms with Crippen molar-refractivity contribution in [3.05, 3.63) is 0 Å². The maximum Gasteiger partial charge on any atom is 0.163 e. The third kappa shape index (κ3) is 4.78. The number of likely N-dealkylation sites (N-methyl/N-ethyl adjacent to an activating group) is 1. The molecule has 96 valence electrons. The molecule has 0 aromatic carbocycles. The van der Waals surface area contributed by atoms with Gasteiger partial charge in [-0.25, -0.2) is 0 Å². The molecule has 0 radical (unpaired) electrons. The predicted octanol–water partition coefficient (Wildman–Crippen LogP) is 1.50. The van der Waals surface area contributed by atoms with Gasteiger partial charge in [0.05, 0.1) is 19.8 Å². The number of ether oxygens (including phenoxy) is 3. The Bertz CT molecular complexity index is 193. The molecule has 1 heterocycles. The van der Waals surface area contributed by atoms with Gasteiger partial charge in [0.25, 0.3) is 0 Å². The lowest BCUT2D eigenvalue weighted by atomic mass is 10.4. The van der Waals surface area contributed by atoms with E-state index in [9.17, 15) is 0 Å². The van der Waals surface area contributed by atoms with E-state index in [1.165, 1.54) is 0 Å². The van der Waals surface area contributed by atoms with Crippen LogP contribution in [0.3, 0.4) is 0 Å². The van der Waals surface area contributed by atoms with Crippen LogP contribution in [-0.4, -0.2) is 56.2 Å². The molecule has 0 bridgehead atoms. The van der Waals surface area contributed by atoms with Crippen LogP contribution in [0, 0.1) is 0 Å². The minimum atomic E-state index is -0.438. The quantitative estimate of drug-likeness (QED) is 0.621. The van der Waals surface area contributed by atoms with E-state index in [2.05, 4.69) is 18.7 Å². The van der Waals surface area contributed by atoms with Gasteiger partial charge in [-0.05, 0) is 26.9 Å². The molecule has 0 aromatic rings. The fourth-order valence-electron chi connectivity index (χ4n) is 1.79. The van der Waals surface area contributed by atoms with Crippen LogP contribution in [0.1, 0.15) is 27.7 Å². The average molecular weight is 231 g/mol. The van der Waals surface area contributed by atoms with Crippen molar-refractivity contribution in [3.8, 4) is 0 Å². The Morgan fingerprint density at radius 1 is 1.31 bits per heavy atom. The van der Waals surface area contributed by atoms with Crippen LogP contribution in [0.25, 0.3) is 0 Å². The highest BCUT2D eigenvalue weighted by Gasteiger charge is 2.32. The van der Waals surface area contributed by atoms with Crippen molar-refractivity contribution >= 4 is 0 Å². The lowest BCUT2D eigenvalue weighted by molar-refractivity contribution is -0.145. The van der Waals surface area contributed by atoms with Crippen LogP contribution in [0.15, 0.2) is 0 Å². The fraction of sp³-hybridized carbons (Fsp3) is 1.00. The summed E-state index contributed by atoms with van der Waals surface area (Å²) in [7, 11) is 0. The van der Waals surface area contributed by atoms with Gasteiger partial charge >= 0.3 is 0 Å². The Morgan fingerprint density at radius 2 is 2.00 bits per heavy atom. The summed E-state index contributed by atoms with van der Waals surface area (Å²) in [6.07, 6.45) is 0.0895. The molecule has 1 saturated heterocycles. The second kappa shape index (κ2) is 6.55. The van der Waals surface area contributed by atoms with E-state index >= 15 is 0 Å². The molecular formula is C12H25NO3. The lowest BCUT2D eigenvalue weighted by Crippen LogP contribution is -2.29. The summed E-state index contributed by atoms with van der Waals surface area (Å²) in [6, 6.07) is 0. The number of hydrogen-bond acceptors (Lipinski definition) is 4. The first-order valence-corrected chi connectivity index (χ1v) is 6.19. The van der Waals surface area contributed by atoms with E-state index in [-0.39, 0.29) is 6.10 Å². The van der Waals surface area contributed by atoms with Crippen molar-refractivity contribution in [2.24, 2.45) is 0 Å². The van der Waals surface area contributed by atoms with Crippen LogP contribution < -0.4 is 0 Å². The first kappa shape index (κ1) is 13.9. The molecule has 1 rings (SSSR count). The summed E-state index contributed by atoms with van der Waals surface area (Å²) in [5.41, 5.74) is 0. The number of hydrogen-bond donors (Lipinski definition) is 0. The Kier molecular flexibility index (Phi) is 5.69. The lowest BCUT2D eigenvalue weighted by Gasteiger charge is -2.19. The standard InChI is InChI=1S/C12H25NO3/c1-5-13(6-2)7-8-14-9-11-10-15-12(3,4)16-11/h11H,5-10H2,1-4H3. The minimum Gasteiger partial charge on any atom is -0.377 e. The van der Waals surface area contributed by atoms with Gasteiger partial charge in [0.15, 0.2) is 5.79 Å². The normalized spacial score (nSPS) is 24.2. The zero-order chi connectivity index (χ0) is 12.0. The monoisotopic (exact) mass is 231 g/mol. The topological polar surface area (TPSA) is 30.9 Å². The maximum absolute atomic E-state index is 5.65. The average Bonchev–Trinajstić information content (AvgIpc) is 2.59. The second-order valence-electron chi connectivity index (χ2n) is 4.55. The van der Waals surface area contributed by atoms with Crippen LogP contribution in [0.2, 0.25) is 0 Å². The molecule has 0 aromatic heterocycles. The molecule has 0 spiro atoms. The molecule has 0 amide bonds. The smallest absolute Gasteiger partial charge is 0.163 e. The van der Waals surface area contributed by atoms with Gasteiger partial charge in [-0.1, -0.05) is 13.8 Å². The van der Waals surface area contributed by atoms with Crippen molar-refractivity contribution in [3.63, 3.8) is 0 Å². The van der Waals surface area contributed by atoms with E-state index in [4.69, 9.17) is 14.2 Å². The van der Waals surface area contributed by atoms with Crippen LogP contribution in [-0.2, 0) is 14.2 Å². The molecule has 0 aliphatic carbocycles. The third-order valence-corrected chi connectivity index (χ3v) is 2.82. The van der Waals surface area contributed by atoms with Crippen LogP contribution >= 0.6 is 0 Å². The van der Waals surface area contributed by atoms with Crippen molar-refractivity contribution in [1.29, 1.82) is 0 Å². The molecule has 4 heteroatoms. The molecule has 0 saturated carbocycles. The van der Waals surface area contributed by atoms with E-state index in [1.54, 1.807) is 0 Å². The molecule has 0 N–H and O–H groups in total. The molecule has 1 atom stereocenters. The number of rotatable bonds is 7. The van der Waals surface area contributed by atoms with Crippen LogP contribution in [0.4, 0.5) is 0 Å². The summed E-state index contributed by atoms with van der Waals surface area (Å²) < 4.78 is 16.7. The Labute approximate surface area is 98.8 Å². The summed E-state index contributed by atoms with van der Waals surface area (Å²) >= 11 is 0. The van der Waals surface area contributed by atoms with Gasteiger partial charge < -0.3 is 19.1 Å². The summed E-state index contributed by atoms with van der Waals surface area (Å²) in [5, 5.41) is 0. The van der Waals surface area contributed by atoms with E-state index in [0.717, 1.165) is 26.2 Å². The molecule has 4 nitrogen and oxygen atoms in total. The third-order valence-electron chi connectivity index (χ3n) is 2.82. The molecular weight excluding hydrogens is 206 g/mol. The molecule has 1 aliphatic heterocycles. The van der Waals surface area contributed by atoms with Crippen molar-refractivity contribution in [2.45, 2.75) is 39.6 Å². The second-order valence-corrected chi connectivity index (χ2v) is 4.55. The molecule has 1 unspecified atom stereocenters. The summed E-state index contributed by atoms with van der Waals surface area (Å²) in [5.74, 6) is -0.438. The van der Waals surface area contributed by atoms with E-state index < -0.39 is 5.79 Å². The minimum absolute atomic E-state index is 0.0895. The van der Waals surface area contributed by atoms with E-state index in [0.29, 0.717) is 13.2 Å². The van der Waals surface area contributed by atoms with E-state index in [1.807, 2.05) is 13.8 Å². The highest BCUT2D eigenvalue weighted by Crippen LogP contribution is 2.22. The molecule has 16 heavy (non-hydrogen) atoms. The summed E-state index contributed by atoms with van der Waals surface area (Å²) in [4.78, 5) is 2.34. The zero-order valence-corrected chi connectivity index (χ0v) is 11.0. The zero-order valence-electron chi connectivity index (χ0n) is 11.0. The van der Waals surface area contributed by atoms with Crippen molar-refractivity contribution < 1.29 is 14.2 Å². The van der Waals surface area contributed by atoms with Gasteiger partial charge in [-0.15, -0.1) is 0 Å². The fourth-order valence-corrected chi connectivity index (χ4v) is 1.79. The van der Waals surface area contributed by atoms with Crippen molar-refractivity contribution in [1.82, 2.24) is 4.90 Å². The maximum atomic E-state index is 5.65.